The van der Waals surface area contributed by atoms with Crippen molar-refractivity contribution in [3.63, 3.8) is 0 Å². The average molecular weight is 340 g/mol. The van der Waals surface area contributed by atoms with Crippen LogP contribution in [0, 0.1) is 12.8 Å². The first-order valence-corrected chi connectivity index (χ1v) is 7.41. The van der Waals surface area contributed by atoms with Crippen LogP contribution in [0.5, 0.6) is 0 Å². The maximum absolute atomic E-state index is 11.9. The number of rotatable bonds is 6. The van der Waals surface area contributed by atoms with Gasteiger partial charge in [-0.2, -0.15) is 0 Å². The fraction of sp³-hybridized carbons (Fsp3) is 0.692. The number of nitrogens with zero attached hydrogens (tertiary/aromatic N) is 1. The summed E-state index contributed by atoms with van der Waals surface area (Å²) in [5.41, 5.74) is 6.70. The Hall–Kier alpha value is -0.360. The van der Waals surface area contributed by atoms with Crippen molar-refractivity contribution in [2.45, 2.75) is 51.6 Å². The molecule has 2 rings (SSSR count). The molecule has 0 aliphatic heterocycles. The number of halogens is 2. The van der Waals surface area contributed by atoms with Gasteiger partial charge in [-0.3, -0.25) is 4.79 Å². The van der Waals surface area contributed by atoms with Crippen molar-refractivity contribution < 1.29 is 4.79 Å². The molecule has 116 valence electrons. The highest BCUT2D eigenvalue weighted by atomic mass is 35.5. The lowest BCUT2D eigenvalue weighted by atomic mass is 10.1. The van der Waals surface area contributed by atoms with E-state index in [-0.39, 0.29) is 42.8 Å². The van der Waals surface area contributed by atoms with Crippen molar-refractivity contribution in [2.75, 3.05) is 0 Å². The van der Waals surface area contributed by atoms with Crippen molar-refractivity contribution in [2.24, 2.45) is 11.7 Å². The number of aryl methyl sites for hydroxylation is 1. The van der Waals surface area contributed by atoms with E-state index in [0.29, 0.717) is 12.3 Å². The quantitative estimate of drug-likeness (QED) is 0.836. The summed E-state index contributed by atoms with van der Waals surface area (Å²) in [4.78, 5) is 16.4. The van der Waals surface area contributed by atoms with Crippen LogP contribution in [0.4, 0.5) is 0 Å². The van der Waals surface area contributed by atoms with E-state index in [1.165, 1.54) is 12.8 Å². The molecule has 1 fully saturated rings. The number of carbonyl (C=O) groups is 1. The second-order valence-electron chi connectivity index (χ2n) is 5.23. The molecule has 0 bridgehead atoms. The summed E-state index contributed by atoms with van der Waals surface area (Å²) in [7, 11) is 0. The molecule has 1 amide bonds. The van der Waals surface area contributed by atoms with Crippen LogP contribution in [0.3, 0.4) is 0 Å². The number of nitrogens with two attached hydrogens (primary N) is 1. The Bertz CT molecular complexity index is 422. The Kier molecular flexibility index (Phi) is 8.66. The number of hydrogen-bond donors (Lipinski definition) is 2. The molecule has 0 aromatic carbocycles. The molecular formula is C13H23Cl2N3OS. The van der Waals surface area contributed by atoms with Gasteiger partial charge in [-0.05, 0) is 39.0 Å². The second kappa shape index (κ2) is 8.82. The largest absolute Gasteiger partial charge is 0.347 e. The van der Waals surface area contributed by atoms with Crippen LogP contribution in [0.1, 0.15) is 49.4 Å². The molecule has 4 nitrogen and oxygen atoms in total. The SMILES string of the molecule is Cc1csc(C(NC(=O)CCC(C)N)C2CC2)n1.Cl.Cl. The molecule has 0 spiro atoms. The third kappa shape index (κ3) is 5.95. The van der Waals surface area contributed by atoms with E-state index in [9.17, 15) is 4.79 Å². The summed E-state index contributed by atoms with van der Waals surface area (Å²) < 4.78 is 0. The summed E-state index contributed by atoms with van der Waals surface area (Å²) in [6.45, 7) is 3.91. The topological polar surface area (TPSA) is 68.0 Å². The number of aromatic nitrogens is 1. The van der Waals surface area contributed by atoms with Crippen LogP contribution in [-0.2, 0) is 4.79 Å². The molecule has 1 aromatic rings. The van der Waals surface area contributed by atoms with Gasteiger partial charge in [0.25, 0.3) is 0 Å². The molecule has 1 aliphatic carbocycles. The summed E-state index contributed by atoms with van der Waals surface area (Å²) in [6.07, 6.45) is 3.62. The first-order valence-electron chi connectivity index (χ1n) is 6.53. The third-order valence-corrected chi connectivity index (χ3v) is 4.19. The van der Waals surface area contributed by atoms with Gasteiger partial charge < -0.3 is 11.1 Å². The van der Waals surface area contributed by atoms with E-state index in [4.69, 9.17) is 5.73 Å². The minimum Gasteiger partial charge on any atom is -0.347 e. The van der Waals surface area contributed by atoms with Gasteiger partial charge in [-0.25, -0.2) is 4.98 Å². The minimum atomic E-state index is 0. The molecule has 0 radical (unpaired) electrons. The lowest BCUT2D eigenvalue weighted by Gasteiger charge is -2.16. The molecule has 2 unspecified atom stereocenters. The molecule has 1 saturated carbocycles. The number of amides is 1. The molecule has 2 atom stereocenters. The minimum absolute atomic E-state index is 0. The van der Waals surface area contributed by atoms with Gasteiger partial charge >= 0.3 is 0 Å². The van der Waals surface area contributed by atoms with Gasteiger partial charge in [-0.15, -0.1) is 36.2 Å². The highest BCUT2D eigenvalue weighted by Gasteiger charge is 2.35. The highest BCUT2D eigenvalue weighted by Crippen LogP contribution is 2.41. The van der Waals surface area contributed by atoms with Crippen LogP contribution in [0.15, 0.2) is 5.38 Å². The van der Waals surface area contributed by atoms with E-state index in [1.54, 1.807) is 11.3 Å². The predicted octanol–water partition coefficient (Wildman–Crippen LogP) is 2.99. The van der Waals surface area contributed by atoms with E-state index < -0.39 is 0 Å². The average Bonchev–Trinajstić information content (AvgIpc) is 3.06. The van der Waals surface area contributed by atoms with Gasteiger partial charge in [0.05, 0.1) is 6.04 Å². The predicted molar refractivity (Wildman–Crippen MR) is 87.8 cm³/mol. The van der Waals surface area contributed by atoms with Crippen molar-refractivity contribution in [1.29, 1.82) is 0 Å². The fourth-order valence-electron chi connectivity index (χ4n) is 1.93. The number of nitrogens with one attached hydrogen (secondary N) is 1. The Morgan fingerprint density at radius 2 is 2.20 bits per heavy atom. The highest BCUT2D eigenvalue weighted by molar-refractivity contribution is 7.09. The summed E-state index contributed by atoms with van der Waals surface area (Å²) >= 11 is 1.64. The van der Waals surface area contributed by atoms with Crippen LogP contribution < -0.4 is 11.1 Å². The molecule has 1 heterocycles. The smallest absolute Gasteiger partial charge is 0.220 e. The second-order valence-corrected chi connectivity index (χ2v) is 6.12. The lowest BCUT2D eigenvalue weighted by Crippen LogP contribution is -2.31. The third-order valence-electron chi connectivity index (χ3n) is 3.14. The molecule has 7 heteroatoms. The molecule has 20 heavy (non-hydrogen) atoms. The Morgan fingerprint density at radius 3 is 2.65 bits per heavy atom. The van der Waals surface area contributed by atoms with E-state index in [2.05, 4.69) is 10.3 Å². The zero-order chi connectivity index (χ0) is 13.1. The first kappa shape index (κ1) is 19.6. The maximum Gasteiger partial charge on any atom is 0.220 e. The molecule has 1 aromatic heterocycles. The van der Waals surface area contributed by atoms with Crippen LogP contribution >= 0.6 is 36.2 Å². The van der Waals surface area contributed by atoms with Crippen molar-refractivity contribution >= 4 is 42.1 Å². The van der Waals surface area contributed by atoms with Crippen LogP contribution in [0.25, 0.3) is 0 Å². The lowest BCUT2D eigenvalue weighted by molar-refractivity contribution is -0.122. The van der Waals surface area contributed by atoms with Crippen LogP contribution in [0.2, 0.25) is 0 Å². The molecule has 0 saturated heterocycles. The summed E-state index contributed by atoms with van der Waals surface area (Å²) in [5, 5.41) is 6.20. The van der Waals surface area contributed by atoms with Gasteiger partial charge in [0.2, 0.25) is 5.91 Å². The fourth-order valence-corrected chi connectivity index (χ4v) is 2.87. The number of thiazole rings is 1. The Labute approximate surface area is 136 Å². The number of carbonyl (C=O) groups excluding carboxylic acids is 1. The van der Waals surface area contributed by atoms with E-state index in [0.717, 1.165) is 17.1 Å². The van der Waals surface area contributed by atoms with Crippen molar-refractivity contribution in [3.8, 4) is 0 Å². The molecule has 3 N–H and O–H groups in total. The van der Waals surface area contributed by atoms with Gasteiger partial charge in [0.1, 0.15) is 5.01 Å². The first-order chi connectivity index (χ1) is 8.56. The van der Waals surface area contributed by atoms with Gasteiger partial charge in [-0.1, -0.05) is 0 Å². The zero-order valence-corrected chi connectivity index (χ0v) is 14.2. The van der Waals surface area contributed by atoms with Crippen LogP contribution in [-0.4, -0.2) is 16.9 Å². The van der Waals surface area contributed by atoms with Gasteiger partial charge in [0, 0.05) is 23.5 Å². The normalized spacial score (nSPS) is 16.6. The maximum atomic E-state index is 11.9. The van der Waals surface area contributed by atoms with Crippen molar-refractivity contribution in [3.05, 3.63) is 16.1 Å². The van der Waals surface area contributed by atoms with E-state index in [1.807, 2.05) is 19.2 Å². The Balaban J connectivity index is 0.00000180. The van der Waals surface area contributed by atoms with Crippen molar-refractivity contribution in [1.82, 2.24) is 10.3 Å². The zero-order valence-electron chi connectivity index (χ0n) is 11.8. The molecular weight excluding hydrogens is 317 g/mol. The molecule has 1 aliphatic rings. The number of hydrogen-bond acceptors (Lipinski definition) is 4. The van der Waals surface area contributed by atoms with E-state index >= 15 is 0 Å². The summed E-state index contributed by atoms with van der Waals surface area (Å²) in [6, 6.07) is 0.196. The Morgan fingerprint density at radius 1 is 1.55 bits per heavy atom. The monoisotopic (exact) mass is 339 g/mol. The van der Waals surface area contributed by atoms with Gasteiger partial charge in [0.15, 0.2) is 0 Å². The summed E-state index contributed by atoms with van der Waals surface area (Å²) in [5.74, 6) is 0.673. The standard InChI is InChI=1S/C13H21N3OS.2ClH/c1-8(14)3-6-11(17)16-12(10-4-5-10)13-15-9(2)7-18-13;;/h7-8,10,12H,3-6,14H2,1-2H3,(H,16,17);2*1H.